The fourth-order valence-electron chi connectivity index (χ4n) is 0.953. The number of hydrogen-bond acceptors (Lipinski definition) is 4. The van der Waals surface area contributed by atoms with Gasteiger partial charge in [0.05, 0.1) is 12.7 Å². The molecule has 0 saturated carbocycles. The van der Waals surface area contributed by atoms with Gasteiger partial charge >= 0.3 is 0 Å². The number of hydrogen-bond donors (Lipinski definition) is 3. The summed E-state index contributed by atoms with van der Waals surface area (Å²) in [7, 11) is 0. The first-order valence-corrected chi connectivity index (χ1v) is 3.28. The highest BCUT2D eigenvalue weighted by Crippen LogP contribution is 2.17. The fourth-order valence-corrected chi connectivity index (χ4v) is 0.953. The maximum Gasteiger partial charge on any atom is 0.183 e. The second-order valence-corrected chi connectivity index (χ2v) is 2.68. The molecule has 0 spiro atoms. The van der Waals surface area contributed by atoms with E-state index in [0.29, 0.717) is 6.61 Å². The molecule has 1 unspecified atom stereocenters. The Bertz CT molecular complexity index is 102. The topological polar surface area (TPSA) is 69.9 Å². The normalized spacial score (nSPS) is 49.2. The monoisotopic (exact) mass is 148 g/mol. The molecule has 0 bridgehead atoms. The van der Waals surface area contributed by atoms with Gasteiger partial charge < -0.3 is 20.1 Å². The second-order valence-electron chi connectivity index (χ2n) is 2.68. The Hall–Kier alpha value is -0.160. The second kappa shape index (κ2) is 2.84. The summed E-state index contributed by atoms with van der Waals surface area (Å²) in [5.41, 5.74) is 0. The minimum Gasteiger partial charge on any atom is -0.390 e. The van der Waals surface area contributed by atoms with Crippen molar-refractivity contribution in [3.8, 4) is 0 Å². The van der Waals surface area contributed by atoms with Crippen molar-refractivity contribution in [1.29, 1.82) is 0 Å². The summed E-state index contributed by atoms with van der Waals surface area (Å²) in [5.74, 6) is -0.113. The third-order valence-electron chi connectivity index (χ3n) is 1.75. The van der Waals surface area contributed by atoms with E-state index in [2.05, 4.69) is 0 Å². The summed E-state index contributed by atoms with van der Waals surface area (Å²) in [6, 6.07) is 0. The van der Waals surface area contributed by atoms with Crippen LogP contribution in [0.15, 0.2) is 0 Å². The smallest absolute Gasteiger partial charge is 0.183 e. The zero-order valence-electron chi connectivity index (χ0n) is 5.77. The molecule has 1 aliphatic rings. The Kier molecular flexibility index (Phi) is 2.25. The van der Waals surface area contributed by atoms with Gasteiger partial charge in [-0.3, -0.25) is 0 Å². The summed E-state index contributed by atoms with van der Waals surface area (Å²) < 4.78 is 4.72. The lowest BCUT2D eigenvalue weighted by molar-refractivity contribution is -0.236. The van der Waals surface area contributed by atoms with Crippen molar-refractivity contribution in [3.05, 3.63) is 0 Å². The number of rotatable bonds is 0. The van der Waals surface area contributed by atoms with Gasteiger partial charge in [-0.2, -0.15) is 0 Å². The van der Waals surface area contributed by atoms with Gasteiger partial charge in [-0.1, -0.05) is 6.92 Å². The molecular weight excluding hydrogens is 136 g/mol. The Morgan fingerprint density at radius 3 is 2.30 bits per heavy atom. The predicted octanol–water partition coefficient (Wildman–Crippen LogP) is -1.31. The van der Waals surface area contributed by atoms with E-state index in [1.54, 1.807) is 6.92 Å². The fraction of sp³-hybridized carbons (Fsp3) is 1.00. The van der Waals surface area contributed by atoms with Crippen molar-refractivity contribution < 1.29 is 20.1 Å². The van der Waals surface area contributed by atoms with Crippen LogP contribution >= 0.6 is 0 Å². The largest absolute Gasteiger partial charge is 0.390 e. The maximum absolute atomic E-state index is 9.13. The predicted molar refractivity (Wildman–Crippen MR) is 33.1 cm³/mol. The van der Waals surface area contributed by atoms with Gasteiger partial charge in [-0.05, 0) is 0 Å². The lowest BCUT2D eigenvalue weighted by atomic mass is 9.98. The van der Waals surface area contributed by atoms with Crippen LogP contribution < -0.4 is 0 Å². The average Bonchev–Trinajstić information content (AvgIpc) is 1.93. The summed E-state index contributed by atoms with van der Waals surface area (Å²) >= 11 is 0. The zero-order chi connectivity index (χ0) is 7.72. The Morgan fingerprint density at radius 2 is 1.80 bits per heavy atom. The van der Waals surface area contributed by atoms with E-state index in [0.717, 1.165) is 0 Å². The van der Waals surface area contributed by atoms with E-state index in [4.69, 9.17) is 20.1 Å². The van der Waals surface area contributed by atoms with Crippen LogP contribution in [-0.4, -0.2) is 40.4 Å². The summed E-state index contributed by atoms with van der Waals surface area (Å²) in [4.78, 5) is 0. The SMILES string of the molecule is C[C@@H]1COC(O)[C@@H](O)[C@@H]1O. The molecule has 4 nitrogen and oxygen atoms in total. The van der Waals surface area contributed by atoms with Gasteiger partial charge in [0.2, 0.25) is 0 Å². The maximum atomic E-state index is 9.13. The van der Waals surface area contributed by atoms with Crippen molar-refractivity contribution in [2.45, 2.75) is 25.4 Å². The van der Waals surface area contributed by atoms with Gasteiger partial charge in [0.15, 0.2) is 6.29 Å². The van der Waals surface area contributed by atoms with Gasteiger partial charge in [0, 0.05) is 5.92 Å². The highest BCUT2D eigenvalue weighted by molar-refractivity contribution is 4.79. The van der Waals surface area contributed by atoms with Crippen LogP contribution in [0.4, 0.5) is 0 Å². The average molecular weight is 148 g/mol. The highest BCUT2D eigenvalue weighted by atomic mass is 16.6. The third kappa shape index (κ3) is 1.29. The zero-order valence-corrected chi connectivity index (χ0v) is 5.77. The summed E-state index contributed by atoms with van der Waals surface area (Å²) in [5, 5.41) is 27.0. The first-order chi connectivity index (χ1) is 4.63. The van der Waals surface area contributed by atoms with Crippen molar-refractivity contribution >= 4 is 0 Å². The molecule has 0 radical (unpaired) electrons. The van der Waals surface area contributed by atoms with E-state index in [9.17, 15) is 0 Å². The quantitative estimate of drug-likeness (QED) is 0.399. The van der Waals surface area contributed by atoms with E-state index in [-0.39, 0.29) is 5.92 Å². The molecular formula is C6H12O4. The van der Waals surface area contributed by atoms with Crippen LogP contribution in [0.5, 0.6) is 0 Å². The molecule has 1 aliphatic heterocycles. The lowest BCUT2D eigenvalue weighted by Crippen LogP contribution is -2.48. The van der Waals surface area contributed by atoms with Crippen molar-refractivity contribution in [2.75, 3.05) is 6.61 Å². The van der Waals surface area contributed by atoms with E-state index in [1.807, 2.05) is 0 Å². The molecule has 1 rings (SSSR count). The van der Waals surface area contributed by atoms with Crippen molar-refractivity contribution in [2.24, 2.45) is 5.92 Å². The molecule has 0 aliphatic carbocycles. The molecule has 1 heterocycles. The Balaban J connectivity index is 2.52. The molecule has 0 aromatic carbocycles. The molecule has 4 heteroatoms. The number of aliphatic hydroxyl groups excluding tert-OH is 3. The van der Waals surface area contributed by atoms with E-state index in [1.165, 1.54) is 0 Å². The first-order valence-electron chi connectivity index (χ1n) is 3.28. The molecule has 10 heavy (non-hydrogen) atoms. The number of ether oxygens (including phenoxy) is 1. The first kappa shape index (κ1) is 7.94. The minimum atomic E-state index is -1.23. The molecule has 1 fully saturated rings. The standard InChI is InChI=1S/C6H12O4/c1-3-2-10-6(9)5(8)4(3)7/h3-9H,2H2,1H3/t3-,4-,5+,6?/m1/s1. The van der Waals surface area contributed by atoms with Crippen LogP contribution in [0.1, 0.15) is 6.92 Å². The van der Waals surface area contributed by atoms with Crippen LogP contribution in [0.3, 0.4) is 0 Å². The molecule has 0 amide bonds. The molecule has 4 atom stereocenters. The summed E-state index contributed by atoms with van der Waals surface area (Å²) in [6.45, 7) is 2.04. The third-order valence-corrected chi connectivity index (χ3v) is 1.75. The van der Waals surface area contributed by atoms with E-state index < -0.39 is 18.5 Å². The molecule has 60 valence electrons. The highest BCUT2D eigenvalue weighted by Gasteiger charge is 2.34. The number of aliphatic hydroxyl groups is 3. The molecule has 1 saturated heterocycles. The molecule has 0 aromatic rings. The van der Waals surface area contributed by atoms with Gasteiger partial charge in [0.25, 0.3) is 0 Å². The minimum absolute atomic E-state index is 0.113. The van der Waals surface area contributed by atoms with Gasteiger partial charge in [-0.25, -0.2) is 0 Å². The van der Waals surface area contributed by atoms with Crippen LogP contribution in [0, 0.1) is 5.92 Å². The van der Waals surface area contributed by atoms with Crippen LogP contribution in [0.25, 0.3) is 0 Å². The Labute approximate surface area is 59.1 Å². The van der Waals surface area contributed by atoms with Crippen LogP contribution in [-0.2, 0) is 4.74 Å². The summed E-state index contributed by atoms with van der Waals surface area (Å²) in [6.07, 6.45) is -3.27. The molecule has 0 aromatic heterocycles. The molecule has 3 N–H and O–H groups in total. The van der Waals surface area contributed by atoms with Gasteiger partial charge in [-0.15, -0.1) is 0 Å². The Morgan fingerprint density at radius 1 is 1.20 bits per heavy atom. The lowest BCUT2D eigenvalue weighted by Gasteiger charge is -2.32. The van der Waals surface area contributed by atoms with Crippen LogP contribution in [0.2, 0.25) is 0 Å². The van der Waals surface area contributed by atoms with Gasteiger partial charge in [0.1, 0.15) is 6.10 Å². The van der Waals surface area contributed by atoms with E-state index >= 15 is 0 Å². The van der Waals surface area contributed by atoms with Crippen molar-refractivity contribution in [1.82, 2.24) is 0 Å². The van der Waals surface area contributed by atoms with Crippen molar-refractivity contribution in [3.63, 3.8) is 0 Å².